The highest BCUT2D eigenvalue weighted by molar-refractivity contribution is 14.1. The van der Waals surface area contributed by atoms with E-state index in [1.54, 1.807) is 17.0 Å². The van der Waals surface area contributed by atoms with Crippen molar-refractivity contribution in [3.63, 3.8) is 0 Å². The highest BCUT2D eigenvalue weighted by atomic mass is 127. The quantitative estimate of drug-likeness (QED) is 0.774. The van der Waals surface area contributed by atoms with Gasteiger partial charge < -0.3 is 10.2 Å². The standard InChI is InChI=1S/C13H14FIN2O/c14-10-2-1-3-11(15)12(10)13(18)17-6-8-4-16-5-9(8)7-17/h1-3,8-9,16H,4-7H2/t8-,9+. The van der Waals surface area contributed by atoms with Gasteiger partial charge in [-0.15, -0.1) is 0 Å². The Morgan fingerprint density at radius 1 is 1.33 bits per heavy atom. The van der Waals surface area contributed by atoms with E-state index >= 15 is 0 Å². The third kappa shape index (κ3) is 2.03. The van der Waals surface area contributed by atoms with Crippen LogP contribution in [0.2, 0.25) is 0 Å². The van der Waals surface area contributed by atoms with Gasteiger partial charge in [-0.1, -0.05) is 6.07 Å². The summed E-state index contributed by atoms with van der Waals surface area (Å²) in [6.07, 6.45) is 0. The molecular weight excluding hydrogens is 346 g/mol. The van der Waals surface area contributed by atoms with Crippen LogP contribution in [-0.4, -0.2) is 37.0 Å². The highest BCUT2D eigenvalue weighted by Gasteiger charge is 2.39. The lowest BCUT2D eigenvalue weighted by Crippen LogP contribution is -2.32. The van der Waals surface area contributed by atoms with E-state index in [4.69, 9.17) is 0 Å². The number of likely N-dealkylation sites (tertiary alicyclic amines) is 1. The molecule has 0 aliphatic carbocycles. The van der Waals surface area contributed by atoms with Gasteiger partial charge in [0.2, 0.25) is 0 Å². The number of carbonyl (C=O) groups excluding carboxylic acids is 1. The summed E-state index contributed by atoms with van der Waals surface area (Å²) >= 11 is 2.02. The Hall–Kier alpha value is -0.690. The van der Waals surface area contributed by atoms with E-state index in [2.05, 4.69) is 5.32 Å². The van der Waals surface area contributed by atoms with Crippen molar-refractivity contribution in [2.75, 3.05) is 26.2 Å². The van der Waals surface area contributed by atoms with Crippen LogP contribution in [0.5, 0.6) is 0 Å². The van der Waals surface area contributed by atoms with E-state index < -0.39 is 5.82 Å². The molecule has 0 radical (unpaired) electrons. The van der Waals surface area contributed by atoms with Crippen LogP contribution in [0.25, 0.3) is 0 Å². The molecular formula is C13H14FIN2O. The Morgan fingerprint density at radius 2 is 2.00 bits per heavy atom. The van der Waals surface area contributed by atoms with Crippen LogP contribution in [-0.2, 0) is 0 Å². The van der Waals surface area contributed by atoms with Gasteiger partial charge in [-0.3, -0.25) is 4.79 Å². The van der Waals surface area contributed by atoms with Gasteiger partial charge in [0.1, 0.15) is 5.82 Å². The minimum Gasteiger partial charge on any atom is -0.338 e. The number of rotatable bonds is 1. The topological polar surface area (TPSA) is 32.3 Å². The lowest BCUT2D eigenvalue weighted by Gasteiger charge is -2.18. The van der Waals surface area contributed by atoms with Crippen molar-refractivity contribution >= 4 is 28.5 Å². The van der Waals surface area contributed by atoms with E-state index in [9.17, 15) is 9.18 Å². The molecule has 5 heteroatoms. The molecule has 0 aromatic heterocycles. The Balaban J connectivity index is 1.83. The molecule has 0 unspecified atom stereocenters. The summed E-state index contributed by atoms with van der Waals surface area (Å²) in [4.78, 5) is 14.2. The van der Waals surface area contributed by atoms with Crippen molar-refractivity contribution in [3.8, 4) is 0 Å². The summed E-state index contributed by atoms with van der Waals surface area (Å²) in [7, 11) is 0. The molecule has 0 spiro atoms. The van der Waals surface area contributed by atoms with Crippen LogP contribution in [0.15, 0.2) is 18.2 Å². The Bertz CT molecular complexity index is 462. The molecule has 2 saturated heterocycles. The normalized spacial score (nSPS) is 26.4. The summed E-state index contributed by atoms with van der Waals surface area (Å²) in [5.74, 6) is 0.505. The zero-order valence-corrected chi connectivity index (χ0v) is 12.0. The van der Waals surface area contributed by atoms with Crippen LogP contribution in [0.1, 0.15) is 10.4 Å². The van der Waals surface area contributed by atoms with E-state index in [-0.39, 0.29) is 11.5 Å². The first-order valence-electron chi connectivity index (χ1n) is 6.11. The maximum absolute atomic E-state index is 13.8. The van der Waals surface area contributed by atoms with Gasteiger partial charge in [0.15, 0.2) is 0 Å². The Kier molecular flexibility index (Phi) is 3.27. The van der Waals surface area contributed by atoms with E-state index in [0.717, 1.165) is 26.2 Å². The summed E-state index contributed by atoms with van der Waals surface area (Å²) in [5.41, 5.74) is 0.228. The number of benzene rings is 1. The SMILES string of the molecule is O=C(c1c(F)cccc1I)N1C[C@H]2CNC[C@H]2C1. The van der Waals surface area contributed by atoms with Crippen molar-refractivity contribution in [2.45, 2.75) is 0 Å². The van der Waals surface area contributed by atoms with E-state index in [1.807, 2.05) is 22.6 Å². The number of carbonyl (C=O) groups is 1. The molecule has 2 heterocycles. The monoisotopic (exact) mass is 360 g/mol. The first kappa shape index (κ1) is 12.3. The van der Waals surface area contributed by atoms with Gasteiger partial charge in [0, 0.05) is 29.7 Å². The van der Waals surface area contributed by atoms with Crippen molar-refractivity contribution in [1.29, 1.82) is 0 Å². The Labute approximate surface area is 119 Å². The predicted octanol–water partition coefficient (Wildman–Crippen LogP) is 1.72. The number of hydrogen-bond acceptors (Lipinski definition) is 2. The first-order valence-corrected chi connectivity index (χ1v) is 7.18. The lowest BCUT2D eigenvalue weighted by molar-refractivity contribution is 0.0776. The number of nitrogens with one attached hydrogen (secondary N) is 1. The number of fused-ring (bicyclic) bond motifs is 1. The predicted molar refractivity (Wildman–Crippen MR) is 74.9 cm³/mol. The van der Waals surface area contributed by atoms with Crippen LogP contribution in [0, 0.1) is 21.2 Å². The number of halogens is 2. The number of amides is 1. The molecule has 18 heavy (non-hydrogen) atoms. The average Bonchev–Trinajstić information content (AvgIpc) is 2.88. The smallest absolute Gasteiger partial charge is 0.257 e. The average molecular weight is 360 g/mol. The van der Waals surface area contributed by atoms with Gasteiger partial charge in [-0.2, -0.15) is 0 Å². The van der Waals surface area contributed by atoms with Crippen molar-refractivity contribution in [2.24, 2.45) is 11.8 Å². The van der Waals surface area contributed by atoms with Gasteiger partial charge in [0.05, 0.1) is 5.56 Å². The van der Waals surface area contributed by atoms with Crippen molar-refractivity contribution in [1.82, 2.24) is 10.2 Å². The molecule has 2 atom stereocenters. The van der Waals surface area contributed by atoms with Crippen LogP contribution in [0.3, 0.4) is 0 Å². The summed E-state index contributed by atoms with van der Waals surface area (Å²) in [5, 5.41) is 3.33. The molecule has 1 amide bonds. The third-order valence-corrected chi connectivity index (χ3v) is 4.75. The molecule has 0 bridgehead atoms. The molecule has 2 aliphatic heterocycles. The fraction of sp³-hybridized carbons (Fsp3) is 0.462. The van der Waals surface area contributed by atoms with Gasteiger partial charge in [0.25, 0.3) is 5.91 Å². The first-order chi connectivity index (χ1) is 8.66. The summed E-state index contributed by atoms with van der Waals surface area (Å²) < 4.78 is 14.5. The van der Waals surface area contributed by atoms with Crippen LogP contribution in [0.4, 0.5) is 4.39 Å². The highest BCUT2D eigenvalue weighted by Crippen LogP contribution is 2.28. The summed E-state index contributed by atoms with van der Waals surface area (Å²) in [6.45, 7) is 3.45. The second kappa shape index (κ2) is 4.77. The van der Waals surface area contributed by atoms with Crippen molar-refractivity contribution < 1.29 is 9.18 Å². The number of hydrogen-bond donors (Lipinski definition) is 1. The maximum atomic E-state index is 13.8. The van der Waals surface area contributed by atoms with Crippen LogP contribution >= 0.6 is 22.6 Å². The maximum Gasteiger partial charge on any atom is 0.257 e. The molecule has 0 saturated carbocycles. The molecule has 1 N–H and O–H groups in total. The second-order valence-corrected chi connectivity index (χ2v) is 6.15. The molecule has 1 aromatic rings. The number of nitrogens with zero attached hydrogens (tertiary/aromatic N) is 1. The second-order valence-electron chi connectivity index (χ2n) is 4.99. The third-order valence-electron chi connectivity index (χ3n) is 3.85. The minimum atomic E-state index is -0.415. The fourth-order valence-electron chi connectivity index (χ4n) is 2.88. The zero-order chi connectivity index (χ0) is 12.7. The molecule has 2 aliphatic rings. The molecule has 96 valence electrons. The van der Waals surface area contributed by atoms with E-state index in [0.29, 0.717) is 15.4 Å². The van der Waals surface area contributed by atoms with E-state index in [1.165, 1.54) is 6.07 Å². The summed E-state index contributed by atoms with van der Waals surface area (Å²) in [6, 6.07) is 4.76. The Morgan fingerprint density at radius 3 is 2.61 bits per heavy atom. The van der Waals surface area contributed by atoms with Gasteiger partial charge in [-0.25, -0.2) is 4.39 Å². The van der Waals surface area contributed by atoms with Gasteiger partial charge in [-0.05, 0) is 46.6 Å². The molecule has 1 aromatic carbocycles. The molecule has 2 fully saturated rings. The largest absolute Gasteiger partial charge is 0.338 e. The molecule has 3 nitrogen and oxygen atoms in total. The lowest BCUT2D eigenvalue weighted by atomic mass is 10.0. The fourth-order valence-corrected chi connectivity index (χ4v) is 3.58. The molecule has 3 rings (SSSR count). The van der Waals surface area contributed by atoms with Crippen LogP contribution < -0.4 is 5.32 Å². The minimum absolute atomic E-state index is 0.160. The zero-order valence-electron chi connectivity index (χ0n) is 9.83. The van der Waals surface area contributed by atoms with Crippen molar-refractivity contribution in [3.05, 3.63) is 33.1 Å². The van der Waals surface area contributed by atoms with Gasteiger partial charge >= 0.3 is 0 Å².